The molecule has 9 heteroatoms. The number of methoxy groups -OCH3 is 1. The Bertz CT molecular complexity index is 1130. The van der Waals surface area contributed by atoms with Crippen molar-refractivity contribution in [2.24, 2.45) is 0 Å². The number of carbonyl (C=O) groups is 2. The van der Waals surface area contributed by atoms with Gasteiger partial charge in [0.25, 0.3) is 5.56 Å². The second kappa shape index (κ2) is 10.0. The van der Waals surface area contributed by atoms with Gasteiger partial charge in [-0.1, -0.05) is 36.0 Å². The van der Waals surface area contributed by atoms with Gasteiger partial charge in [0.05, 0.1) is 35.0 Å². The zero-order valence-electron chi connectivity index (χ0n) is 16.3. The summed E-state index contributed by atoms with van der Waals surface area (Å²) in [7, 11) is 1.27. The number of hydrogen-bond donors (Lipinski definition) is 2. The zero-order chi connectivity index (χ0) is 21.5. The Balaban J connectivity index is 1.81. The molecule has 8 nitrogen and oxygen atoms in total. The summed E-state index contributed by atoms with van der Waals surface area (Å²) in [5.74, 6) is -0.917. The summed E-state index contributed by atoms with van der Waals surface area (Å²) in [6.07, 6.45) is 0.395. The third-order valence-electron chi connectivity index (χ3n) is 4.31. The highest BCUT2D eigenvalue weighted by Gasteiger charge is 2.16. The summed E-state index contributed by atoms with van der Waals surface area (Å²) in [5, 5.41) is 12.7. The van der Waals surface area contributed by atoms with Crippen LogP contribution in [-0.2, 0) is 16.1 Å². The lowest BCUT2D eigenvalue weighted by molar-refractivity contribution is -0.113. The van der Waals surface area contributed by atoms with Crippen molar-refractivity contribution in [3.63, 3.8) is 0 Å². The number of carbonyl (C=O) groups excluding carboxylic acids is 2. The van der Waals surface area contributed by atoms with Crippen molar-refractivity contribution >= 4 is 40.2 Å². The number of nitrogens with zero attached hydrogens (tertiary/aromatic N) is 2. The number of anilines is 1. The minimum Gasteiger partial charge on any atom is -0.465 e. The van der Waals surface area contributed by atoms with E-state index in [9.17, 15) is 14.4 Å². The molecule has 2 N–H and O–H groups in total. The Kier molecular flexibility index (Phi) is 7.21. The molecule has 1 heterocycles. The zero-order valence-corrected chi connectivity index (χ0v) is 17.1. The molecule has 0 unspecified atom stereocenters. The van der Waals surface area contributed by atoms with E-state index < -0.39 is 5.97 Å². The fourth-order valence-electron chi connectivity index (χ4n) is 2.88. The molecule has 30 heavy (non-hydrogen) atoms. The third-order valence-corrected chi connectivity index (χ3v) is 5.28. The van der Waals surface area contributed by atoms with Gasteiger partial charge in [0.15, 0.2) is 5.16 Å². The molecule has 0 saturated heterocycles. The number of nitrogens with one attached hydrogen (secondary N) is 1. The first-order valence-corrected chi connectivity index (χ1v) is 10.2. The number of benzene rings is 2. The van der Waals surface area contributed by atoms with Crippen LogP contribution in [0.4, 0.5) is 5.69 Å². The molecule has 1 aromatic heterocycles. The van der Waals surface area contributed by atoms with Gasteiger partial charge in [0.2, 0.25) is 5.91 Å². The average molecular weight is 427 g/mol. The maximum atomic E-state index is 12.8. The summed E-state index contributed by atoms with van der Waals surface area (Å²) < 4.78 is 6.20. The van der Waals surface area contributed by atoms with E-state index in [-0.39, 0.29) is 29.4 Å². The Morgan fingerprint density at radius 1 is 1.17 bits per heavy atom. The van der Waals surface area contributed by atoms with Gasteiger partial charge in [-0.25, -0.2) is 9.78 Å². The summed E-state index contributed by atoms with van der Waals surface area (Å²) in [6, 6.07) is 13.5. The molecule has 0 fully saturated rings. The van der Waals surface area contributed by atoms with E-state index in [1.807, 2.05) is 0 Å². The number of aliphatic hydroxyl groups is 1. The minimum absolute atomic E-state index is 0.0145. The number of aromatic nitrogens is 2. The number of ether oxygens (including phenoxy) is 1. The van der Waals surface area contributed by atoms with Crippen LogP contribution in [0.2, 0.25) is 0 Å². The highest BCUT2D eigenvalue weighted by Crippen LogP contribution is 2.20. The van der Waals surface area contributed by atoms with Crippen LogP contribution in [0.5, 0.6) is 0 Å². The van der Waals surface area contributed by atoms with Gasteiger partial charge in [-0.05, 0) is 30.7 Å². The number of aliphatic hydroxyl groups excluding tert-OH is 1. The lowest BCUT2D eigenvalue weighted by Crippen LogP contribution is -2.25. The molecule has 0 aliphatic rings. The number of esters is 1. The minimum atomic E-state index is -0.549. The van der Waals surface area contributed by atoms with Crippen LogP contribution in [0.15, 0.2) is 58.5 Å². The van der Waals surface area contributed by atoms with Crippen molar-refractivity contribution in [1.82, 2.24) is 9.55 Å². The molecule has 3 aromatic rings. The predicted molar refractivity (Wildman–Crippen MR) is 115 cm³/mol. The standard InChI is InChI=1S/C21H21N3O5S/c1-29-20(28)15-8-3-5-10-17(15)22-18(26)13-30-21-23-16-9-4-2-7-14(16)19(27)24(21)11-6-12-25/h2-5,7-10,25H,6,11-13H2,1H3,(H,22,26). The van der Waals surface area contributed by atoms with Crippen LogP contribution in [0, 0.1) is 0 Å². The molecule has 156 valence electrons. The summed E-state index contributed by atoms with van der Waals surface area (Å²) in [6.45, 7) is 0.233. The maximum absolute atomic E-state index is 12.8. The first-order chi connectivity index (χ1) is 14.5. The van der Waals surface area contributed by atoms with E-state index in [1.165, 1.54) is 11.7 Å². The van der Waals surface area contributed by atoms with Crippen molar-refractivity contribution in [3.8, 4) is 0 Å². The highest BCUT2D eigenvalue weighted by atomic mass is 32.2. The van der Waals surface area contributed by atoms with Gasteiger partial charge in [-0.2, -0.15) is 0 Å². The molecule has 2 aromatic carbocycles. The fraction of sp³-hybridized carbons (Fsp3) is 0.238. The molecule has 0 radical (unpaired) electrons. The number of thioether (sulfide) groups is 1. The SMILES string of the molecule is COC(=O)c1ccccc1NC(=O)CSc1nc2ccccc2c(=O)n1CCCO. The Morgan fingerprint density at radius 2 is 1.90 bits per heavy atom. The Hall–Kier alpha value is -3.17. The van der Waals surface area contributed by atoms with E-state index in [1.54, 1.807) is 48.5 Å². The van der Waals surface area contributed by atoms with Gasteiger partial charge < -0.3 is 15.2 Å². The van der Waals surface area contributed by atoms with E-state index >= 15 is 0 Å². The van der Waals surface area contributed by atoms with Crippen molar-refractivity contribution in [1.29, 1.82) is 0 Å². The van der Waals surface area contributed by atoms with Crippen LogP contribution < -0.4 is 10.9 Å². The first-order valence-electron chi connectivity index (χ1n) is 9.25. The van der Waals surface area contributed by atoms with E-state index in [0.29, 0.717) is 34.7 Å². The average Bonchev–Trinajstić information content (AvgIpc) is 2.77. The largest absolute Gasteiger partial charge is 0.465 e. The highest BCUT2D eigenvalue weighted by molar-refractivity contribution is 7.99. The third kappa shape index (κ3) is 4.87. The summed E-state index contributed by atoms with van der Waals surface area (Å²) >= 11 is 1.12. The van der Waals surface area contributed by atoms with Gasteiger partial charge >= 0.3 is 5.97 Å². The van der Waals surface area contributed by atoms with Crippen LogP contribution in [0.3, 0.4) is 0 Å². The number of rotatable bonds is 8. The molecular weight excluding hydrogens is 406 g/mol. The molecule has 3 rings (SSSR count). The topological polar surface area (TPSA) is 111 Å². The fourth-order valence-corrected chi connectivity index (χ4v) is 3.71. The van der Waals surface area contributed by atoms with Crippen LogP contribution >= 0.6 is 11.8 Å². The van der Waals surface area contributed by atoms with E-state index in [0.717, 1.165) is 11.8 Å². The molecule has 0 spiro atoms. The molecule has 0 saturated carbocycles. The Labute approximate surface area is 176 Å². The monoisotopic (exact) mass is 427 g/mol. The quantitative estimate of drug-likeness (QED) is 0.322. The normalized spacial score (nSPS) is 10.7. The van der Waals surface area contributed by atoms with Gasteiger partial charge in [0.1, 0.15) is 0 Å². The van der Waals surface area contributed by atoms with Gasteiger partial charge in [0, 0.05) is 13.2 Å². The van der Waals surface area contributed by atoms with Crippen molar-refractivity contribution in [2.75, 3.05) is 24.8 Å². The molecule has 0 bridgehead atoms. The molecule has 0 aliphatic heterocycles. The van der Waals surface area contributed by atoms with E-state index in [2.05, 4.69) is 10.3 Å². The number of hydrogen-bond acceptors (Lipinski definition) is 7. The molecule has 0 atom stereocenters. The van der Waals surface area contributed by atoms with Gasteiger partial charge in [-0.3, -0.25) is 14.2 Å². The summed E-state index contributed by atoms with van der Waals surface area (Å²) in [5.41, 5.74) is 0.927. The van der Waals surface area contributed by atoms with E-state index in [4.69, 9.17) is 9.84 Å². The smallest absolute Gasteiger partial charge is 0.339 e. The van der Waals surface area contributed by atoms with Crippen molar-refractivity contribution in [2.45, 2.75) is 18.1 Å². The number of amides is 1. The molecule has 1 amide bonds. The van der Waals surface area contributed by atoms with Crippen LogP contribution in [-0.4, -0.2) is 46.0 Å². The van der Waals surface area contributed by atoms with Gasteiger partial charge in [-0.15, -0.1) is 0 Å². The molecular formula is C21H21N3O5S. The Morgan fingerprint density at radius 3 is 2.67 bits per heavy atom. The second-order valence-corrected chi connectivity index (χ2v) is 7.26. The van der Waals surface area contributed by atoms with Crippen molar-refractivity contribution < 1.29 is 19.4 Å². The number of para-hydroxylation sites is 2. The first kappa shape index (κ1) is 21.5. The predicted octanol–water partition coefficient (Wildman–Crippen LogP) is 2.30. The lowest BCUT2D eigenvalue weighted by atomic mass is 10.2. The van der Waals surface area contributed by atoms with Crippen molar-refractivity contribution in [3.05, 3.63) is 64.4 Å². The number of fused-ring (bicyclic) bond motifs is 1. The summed E-state index contributed by atoms with van der Waals surface area (Å²) in [4.78, 5) is 41.7. The van der Waals surface area contributed by atoms with Crippen LogP contribution in [0.25, 0.3) is 10.9 Å². The van der Waals surface area contributed by atoms with Crippen LogP contribution in [0.1, 0.15) is 16.8 Å². The lowest BCUT2D eigenvalue weighted by Gasteiger charge is -2.13. The maximum Gasteiger partial charge on any atom is 0.339 e. The molecule has 0 aliphatic carbocycles. The second-order valence-electron chi connectivity index (χ2n) is 6.32.